The minimum atomic E-state index is 0.182. The van der Waals surface area contributed by atoms with Gasteiger partial charge in [0.25, 0.3) is 0 Å². The summed E-state index contributed by atoms with van der Waals surface area (Å²) in [4.78, 5) is 0. The third kappa shape index (κ3) is 1.02. The summed E-state index contributed by atoms with van der Waals surface area (Å²) in [6.07, 6.45) is 0. The number of nitrogen functional groups attached to an aromatic ring is 1. The molecule has 0 fully saturated rings. The van der Waals surface area contributed by atoms with Crippen LogP contribution < -0.4 is 5.73 Å². The number of phenolic OH excluding ortho intramolecular Hbond substituents is 1. The molecule has 0 spiro atoms. The molecule has 0 bridgehead atoms. The Morgan fingerprint density at radius 2 is 2.10 bits per heavy atom. The standard InChI is InChI=1S/C7H8ClNO/c1-4-6(10)3-2-5(8)7(4)9/h2-3,10H,9H2,1H3. The zero-order chi connectivity index (χ0) is 7.72. The van der Waals surface area contributed by atoms with E-state index in [1.165, 1.54) is 6.07 Å². The molecule has 1 aromatic rings. The Balaban J connectivity index is 3.34. The first-order valence-electron chi connectivity index (χ1n) is 2.86. The van der Waals surface area contributed by atoms with Crippen molar-refractivity contribution in [3.63, 3.8) is 0 Å². The maximum Gasteiger partial charge on any atom is 0.120 e. The first kappa shape index (κ1) is 7.22. The van der Waals surface area contributed by atoms with Crippen molar-refractivity contribution in [2.75, 3.05) is 5.73 Å². The van der Waals surface area contributed by atoms with Crippen LogP contribution in [0.15, 0.2) is 12.1 Å². The Morgan fingerprint density at radius 1 is 1.50 bits per heavy atom. The molecule has 0 unspecified atom stereocenters. The van der Waals surface area contributed by atoms with Crippen LogP contribution in [0.4, 0.5) is 5.69 Å². The molecule has 0 amide bonds. The number of benzene rings is 1. The highest BCUT2D eigenvalue weighted by molar-refractivity contribution is 6.33. The van der Waals surface area contributed by atoms with Crippen LogP contribution in [0.5, 0.6) is 5.75 Å². The van der Waals surface area contributed by atoms with Crippen LogP contribution in [0.1, 0.15) is 5.56 Å². The molecule has 0 heterocycles. The Hall–Kier alpha value is -0.890. The summed E-state index contributed by atoms with van der Waals surface area (Å²) in [5.74, 6) is 0.182. The monoisotopic (exact) mass is 157 g/mol. The highest BCUT2D eigenvalue weighted by Crippen LogP contribution is 2.28. The molecule has 0 aromatic heterocycles. The summed E-state index contributed by atoms with van der Waals surface area (Å²) in [6, 6.07) is 3.09. The number of hydrogen-bond donors (Lipinski definition) is 2. The van der Waals surface area contributed by atoms with Gasteiger partial charge in [-0.1, -0.05) is 11.6 Å². The lowest BCUT2D eigenvalue weighted by Crippen LogP contribution is -1.90. The normalized spacial score (nSPS) is 9.80. The van der Waals surface area contributed by atoms with Gasteiger partial charge >= 0.3 is 0 Å². The van der Waals surface area contributed by atoms with E-state index in [1.807, 2.05) is 0 Å². The van der Waals surface area contributed by atoms with E-state index in [1.54, 1.807) is 13.0 Å². The first-order chi connectivity index (χ1) is 4.63. The lowest BCUT2D eigenvalue weighted by Gasteiger charge is -2.03. The lowest BCUT2D eigenvalue weighted by atomic mass is 10.2. The van der Waals surface area contributed by atoms with Gasteiger partial charge in [0.15, 0.2) is 0 Å². The van der Waals surface area contributed by atoms with E-state index < -0.39 is 0 Å². The van der Waals surface area contributed by atoms with Gasteiger partial charge in [-0.2, -0.15) is 0 Å². The maximum absolute atomic E-state index is 9.09. The summed E-state index contributed by atoms with van der Waals surface area (Å²) >= 11 is 5.65. The van der Waals surface area contributed by atoms with Crippen molar-refractivity contribution in [1.82, 2.24) is 0 Å². The quantitative estimate of drug-likeness (QED) is 0.566. The molecule has 0 saturated heterocycles. The summed E-state index contributed by atoms with van der Waals surface area (Å²) in [7, 11) is 0. The van der Waals surface area contributed by atoms with E-state index in [0.29, 0.717) is 16.3 Å². The van der Waals surface area contributed by atoms with Gasteiger partial charge in [0.05, 0.1) is 10.7 Å². The second kappa shape index (κ2) is 2.39. The fraction of sp³-hybridized carbons (Fsp3) is 0.143. The van der Waals surface area contributed by atoms with Gasteiger partial charge in [-0.25, -0.2) is 0 Å². The molecule has 0 radical (unpaired) electrons. The van der Waals surface area contributed by atoms with Crippen molar-refractivity contribution >= 4 is 17.3 Å². The zero-order valence-electron chi connectivity index (χ0n) is 5.56. The van der Waals surface area contributed by atoms with Gasteiger partial charge in [-0.15, -0.1) is 0 Å². The molecule has 0 atom stereocenters. The Morgan fingerprint density at radius 3 is 2.60 bits per heavy atom. The van der Waals surface area contributed by atoms with Crippen LogP contribution in [-0.2, 0) is 0 Å². The third-order valence-corrected chi connectivity index (χ3v) is 1.76. The van der Waals surface area contributed by atoms with Crippen LogP contribution in [-0.4, -0.2) is 5.11 Å². The van der Waals surface area contributed by atoms with Crippen LogP contribution in [0.3, 0.4) is 0 Å². The van der Waals surface area contributed by atoms with Gasteiger partial charge in [-0.3, -0.25) is 0 Å². The van der Waals surface area contributed by atoms with Gasteiger partial charge in [0.1, 0.15) is 5.75 Å². The van der Waals surface area contributed by atoms with Gasteiger partial charge in [0.2, 0.25) is 0 Å². The Bertz CT molecular complexity index is 233. The first-order valence-corrected chi connectivity index (χ1v) is 3.24. The maximum atomic E-state index is 9.09. The minimum absolute atomic E-state index is 0.182. The van der Waals surface area contributed by atoms with E-state index in [4.69, 9.17) is 22.4 Å². The number of rotatable bonds is 0. The van der Waals surface area contributed by atoms with E-state index in [-0.39, 0.29) is 5.75 Å². The number of aromatic hydroxyl groups is 1. The van der Waals surface area contributed by atoms with Crippen molar-refractivity contribution in [2.24, 2.45) is 0 Å². The molecular weight excluding hydrogens is 150 g/mol. The van der Waals surface area contributed by atoms with Crippen molar-refractivity contribution in [1.29, 1.82) is 0 Å². The predicted octanol–water partition coefficient (Wildman–Crippen LogP) is 1.94. The van der Waals surface area contributed by atoms with Crippen LogP contribution >= 0.6 is 11.6 Å². The van der Waals surface area contributed by atoms with Crippen molar-refractivity contribution < 1.29 is 5.11 Å². The Kier molecular flexibility index (Phi) is 1.72. The average molecular weight is 158 g/mol. The fourth-order valence-electron chi connectivity index (χ4n) is 0.684. The van der Waals surface area contributed by atoms with Crippen molar-refractivity contribution in [2.45, 2.75) is 6.92 Å². The molecular formula is C7H8ClNO. The van der Waals surface area contributed by atoms with Crippen LogP contribution in [0, 0.1) is 6.92 Å². The van der Waals surface area contributed by atoms with E-state index >= 15 is 0 Å². The molecule has 54 valence electrons. The second-order valence-corrected chi connectivity index (χ2v) is 2.51. The molecule has 0 aliphatic heterocycles. The number of hydrogen-bond acceptors (Lipinski definition) is 2. The largest absolute Gasteiger partial charge is 0.508 e. The second-order valence-electron chi connectivity index (χ2n) is 2.11. The van der Waals surface area contributed by atoms with Crippen LogP contribution in [0.2, 0.25) is 5.02 Å². The van der Waals surface area contributed by atoms with Gasteiger partial charge < -0.3 is 10.8 Å². The topological polar surface area (TPSA) is 46.2 Å². The summed E-state index contributed by atoms with van der Waals surface area (Å²) in [5, 5.41) is 9.57. The smallest absolute Gasteiger partial charge is 0.120 e. The molecule has 10 heavy (non-hydrogen) atoms. The SMILES string of the molecule is Cc1c(O)ccc(Cl)c1N. The number of anilines is 1. The molecule has 1 rings (SSSR count). The van der Waals surface area contributed by atoms with Crippen LogP contribution in [0.25, 0.3) is 0 Å². The molecule has 2 nitrogen and oxygen atoms in total. The number of phenols is 1. The molecule has 3 N–H and O–H groups in total. The van der Waals surface area contributed by atoms with E-state index in [9.17, 15) is 0 Å². The van der Waals surface area contributed by atoms with Gasteiger partial charge in [0, 0.05) is 5.56 Å². The molecule has 3 heteroatoms. The molecule has 0 saturated carbocycles. The van der Waals surface area contributed by atoms with E-state index in [0.717, 1.165) is 0 Å². The van der Waals surface area contributed by atoms with E-state index in [2.05, 4.69) is 0 Å². The zero-order valence-corrected chi connectivity index (χ0v) is 6.31. The minimum Gasteiger partial charge on any atom is -0.508 e. The summed E-state index contributed by atoms with van der Waals surface area (Å²) < 4.78 is 0. The third-order valence-electron chi connectivity index (χ3n) is 1.43. The van der Waals surface area contributed by atoms with Crippen molar-refractivity contribution in [3.05, 3.63) is 22.7 Å². The fourth-order valence-corrected chi connectivity index (χ4v) is 0.889. The molecule has 0 aliphatic carbocycles. The summed E-state index contributed by atoms with van der Waals surface area (Å²) in [6.45, 7) is 1.72. The summed E-state index contributed by atoms with van der Waals surface area (Å²) in [5.41, 5.74) is 6.57. The average Bonchev–Trinajstić information content (AvgIpc) is 1.93. The Labute approximate surface area is 64.2 Å². The molecule has 0 aliphatic rings. The highest BCUT2D eigenvalue weighted by Gasteiger charge is 2.02. The predicted molar refractivity (Wildman–Crippen MR) is 42.3 cm³/mol. The lowest BCUT2D eigenvalue weighted by molar-refractivity contribution is 0.471. The van der Waals surface area contributed by atoms with Crippen molar-refractivity contribution in [3.8, 4) is 5.75 Å². The van der Waals surface area contributed by atoms with Gasteiger partial charge in [-0.05, 0) is 19.1 Å². The number of halogens is 1. The molecule has 1 aromatic carbocycles. The highest BCUT2D eigenvalue weighted by atomic mass is 35.5. The number of nitrogens with two attached hydrogens (primary N) is 1.